The topological polar surface area (TPSA) is 105 Å². The number of amides is 3. The average Bonchev–Trinajstić information content (AvgIpc) is 2.84. The average molecular weight is 552 g/mol. The molecule has 3 N–H and O–H groups in total. The summed E-state index contributed by atoms with van der Waals surface area (Å²) in [4.78, 5) is 30.1. The minimum atomic E-state index is -4.85. The van der Waals surface area contributed by atoms with Crippen LogP contribution in [-0.4, -0.2) is 56.1 Å². The third-order valence-corrected chi connectivity index (χ3v) is 5.24. The van der Waals surface area contributed by atoms with Crippen LogP contribution in [0.25, 0.3) is 0 Å². The second-order valence-corrected chi connectivity index (χ2v) is 8.52. The molecule has 0 fully saturated rings. The fourth-order valence-electron chi connectivity index (χ4n) is 3.20. The van der Waals surface area contributed by atoms with E-state index in [0.29, 0.717) is 18.0 Å². The van der Waals surface area contributed by atoms with Gasteiger partial charge >= 0.3 is 12.2 Å². The molecule has 0 saturated carbocycles. The van der Waals surface area contributed by atoms with Gasteiger partial charge in [0.1, 0.15) is 29.4 Å². The molecule has 9 nitrogen and oxygen atoms in total. The molecule has 0 bridgehead atoms. The van der Waals surface area contributed by atoms with Gasteiger partial charge in [0.2, 0.25) is 0 Å². The first-order valence-corrected chi connectivity index (χ1v) is 11.6. The molecule has 3 aromatic rings. The Kier molecular flexibility index (Phi) is 9.37. The number of carbonyl (C=O) groups is 2. The molecule has 1 aromatic heterocycles. The first-order valence-electron chi connectivity index (χ1n) is 11.2. The van der Waals surface area contributed by atoms with E-state index in [-0.39, 0.29) is 23.0 Å². The van der Waals surface area contributed by atoms with Gasteiger partial charge in [-0.2, -0.15) is 13.2 Å². The van der Waals surface area contributed by atoms with Crippen molar-refractivity contribution in [1.29, 1.82) is 0 Å². The zero-order chi connectivity index (χ0) is 27.9. The van der Waals surface area contributed by atoms with Crippen molar-refractivity contribution in [3.63, 3.8) is 0 Å². The molecule has 2 aromatic carbocycles. The molecule has 0 atom stereocenters. The van der Waals surface area contributed by atoms with Crippen LogP contribution in [-0.2, 0) is 6.18 Å². The number of halogens is 4. The molecule has 0 aliphatic heterocycles. The Morgan fingerprint density at radius 1 is 1.05 bits per heavy atom. The highest BCUT2D eigenvalue weighted by Gasteiger charge is 2.39. The maximum atomic E-state index is 13.9. The van der Waals surface area contributed by atoms with E-state index in [4.69, 9.17) is 21.1 Å². The number of likely N-dealkylation sites (N-methyl/N-ethyl adjacent to an activating group) is 1. The number of pyridine rings is 1. The van der Waals surface area contributed by atoms with Gasteiger partial charge in [-0.05, 0) is 44.4 Å². The van der Waals surface area contributed by atoms with Crippen LogP contribution in [0.2, 0.25) is 5.02 Å². The van der Waals surface area contributed by atoms with E-state index in [1.165, 1.54) is 43.6 Å². The number of anilines is 2. The van der Waals surface area contributed by atoms with Gasteiger partial charge in [0.25, 0.3) is 5.91 Å². The SMILES string of the molecule is CNC(=O)c1cc(Oc2cccc(NC(=O)Nc3ccc(Cl)c(OCCN(C)C)c3C(F)(F)F)c2)ccn1. The number of nitrogens with zero attached hydrogens (tertiary/aromatic N) is 2. The fraction of sp³-hybridized carbons (Fsp3) is 0.240. The number of rotatable bonds is 9. The lowest BCUT2D eigenvalue weighted by Crippen LogP contribution is -2.23. The molecule has 3 rings (SSSR count). The Morgan fingerprint density at radius 3 is 2.47 bits per heavy atom. The van der Waals surface area contributed by atoms with Crippen LogP contribution in [0.3, 0.4) is 0 Å². The van der Waals surface area contributed by atoms with Crippen LogP contribution >= 0.6 is 11.6 Å². The third-order valence-electron chi connectivity index (χ3n) is 4.94. The number of aromatic nitrogens is 1. The van der Waals surface area contributed by atoms with E-state index < -0.39 is 35.1 Å². The van der Waals surface area contributed by atoms with E-state index in [2.05, 4.69) is 20.9 Å². The quantitative estimate of drug-likeness (QED) is 0.325. The van der Waals surface area contributed by atoms with Gasteiger partial charge in [0.15, 0.2) is 5.75 Å². The molecule has 0 spiro atoms. The number of urea groups is 1. The Labute approximate surface area is 221 Å². The summed E-state index contributed by atoms with van der Waals surface area (Å²) in [6.07, 6.45) is -3.45. The number of hydrogen-bond acceptors (Lipinski definition) is 6. The summed E-state index contributed by atoms with van der Waals surface area (Å²) in [7, 11) is 4.97. The Bertz CT molecular complexity index is 1300. The summed E-state index contributed by atoms with van der Waals surface area (Å²) in [5, 5.41) is 6.91. The molecule has 0 radical (unpaired) electrons. The molecule has 3 amide bonds. The predicted molar refractivity (Wildman–Crippen MR) is 137 cm³/mol. The number of alkyl halides is 3. The first-order chi connectivity index (χ1) is 18.0. The van der Waals surface area contributed by atoms with Gasteiger partial charge in [-0.1, -0.05) is 17.7 Å². The predicted octanol–water partition coefficient (Wildman–Crippen LogP) is 5.49. The fourth-order valence-corrected chi connectivity index (χ4v) is 3.41. The minimum absolute atomic E-state index is 0.0413. The van der Waals surface area contributed by atoms with Gasteiger partial charge in [-0.3, -0.25) is 9.78 Å². The van der Waals surface area contributed by atoms with E-state index in [1.54, 1.807) is 31.1 Å². The molecule has 0 aliphatic carbocycles. The number of carbonyl (C=O) groups excluding carboxylic acids is 2. The summed E-state index contributed by atoms with van der Waals surface area (Å²) >= 11 is 6.00. The number of hydrogen-bond donors (Lipinski definition) is 3. The lowest BCUT2D eigenvalue weighted by molar-refractivity contribution is -0.138. The maximum Gasteiger partial charge on any atom is 0.422 e. The van der Waals surface area contributed by atoms with E-state index >= 15 is 0 Å². The van der Waals surface area contributed by atoms with Gasteiger partial charge < -0.3 is 30.3 Å². The molecule has 13 heteroatoms. The Balaban J connectivity index is 1.76. The van der Waals surface area contributed by atoms with Crippen molar-refractivity contribution in [2.75, 3.05) is 44.9 Å². The lowest BCUT2D eigenvalue weighted by Gasteiger charge is -2.20. The number of benzene rings is 2. The third kappa shape index (κ3) is 7.73. The second-order valence-electron chi connectivity index (χ2n) is 8.11. The van der Waals surface area contributed by atoms with Crippen molar-refractivity contribution >= 4 is 34.9 Å². The maximum absolute atomic E-state index is 13.9. The van der Waals surface area contributed by atoms with Crippen LogP contribution in [0.4, 0.5) is 29.3 Å². The lowest BCUT2D eigenvalue weighted by atomic mass is 10.1. The molecule has 1 heterocycles. The van der Waals surface area contributed by atoms with Crippen molar-refractivity contribution in [3.05, 3.63) is 71.0 Å². The van der Waals surface area contributed by atoms with Gasteiger partial charge in [-0.15, -0.1) is 0 Å². The highest BCUT2D eigenvalue weighted by Crippen LogP contribution is 2.45. The highest BCUT2D eigenvalue weighted by atomic mass is 35.5. The molecule has 0 saturated heterocycles. The zero-order valence-corrected chi connectivity index (χ0v) is 21.4. The van der Waals surface area contributed by atoms with Crippen molar-refractivity contribution in [3.8, 4) is 17.2 Å². The van der Waals surface area contributed by atoms with Gasteiger partial charge in [-0.25, -0.2) is 4.79 Å². The van der Waals surface area contributed by atoms with Gasteiger partial charge in [0, 0.05) is 37.6 Å². The first kappa shape index (κ1) is 28.5. The molecule has 0 aliphatic rings. The number of ether oxygens (including phenoxy) is 2. The van der Waals surface area contributed by atoms with Crippen molar-refractivity contribution in [2.45, 2.75) is 6.18 Å². The van der Waals surface area contributed by atoms with Gasteiger partial charge in [0.05, 0.1) is 10.7 Å². The summed E-state index contributed by atoms with van der Waals surface area (Å²) in [6, 6.07) is 10.5. The van der Waals surface area contributed by atoms with Crippen LogP contribution < -0.4 is 25.4 Å². The van der Waals surface area contributed by atoms with E-state index in [0.717, 1.165) is 6.07 Å². The van der Waals surface area contributed by atoms with Crippen LogP contribution in [0.1, 0.15) is 16.1 Å². The smallest absolute Gasteiger partial charge is 0.422 e. The monoisotopic (exact) mass is 551 g/mol. The Hall–Kier alpha value is -4.03. The second kappa shape index (κ2) is 12.5. The summed E-state index contributed by atoms with van der Waals surface area (Å²) in [6.45, 7) is 0.317. The van der Waals surface area contributed by atoms with E-state index in [1.807, 2.05) is 0 Å². The summed E-state index contributed by atoms with van der Waals surface area (Å²) in [5.41, 5.74) is -1.33. The molecule has 38 heavy (non-hydrogen) atoms. The van der Waals surface area contributed by atoms with Crippen molar-refractivity contribution in [1.82, 2.24) is 15.2 Å². The van der Waals surface area contributed by atoms with Crippen molar-refractivity contribution in [2.24, 2.45) is 0 Å². The summed E-state index contributed by atoms with van der Waals surface area (Å²) < 4.78 is 52.9. The van der Waals surface area contributed by atoms with Crippen molar-refractivity contribution < 1.29 is 32.2 Å². The van der Waals surface area contributed by atoms with E-state index in [9.17, 15) is 22.8 Å². The standard InChI is InChI=1S/C25H25ClF3N5O4/c1-30-23(35)20-14-17(9-10-31-20)38-16-6-4-5-15(13-16)32-24(36)33-19-8-7-18(26)22(21(19)25(27,28)29)37-12-11-34(2)3/h4-10,13-14H,11-12H2,1-3H3,(H,30,35)(H2,32,33,36). The molecular weight excluding hydrogens is 527 g/mol. The minimum Gasteiger partial charge on any atom is -0.490 e. The summed E-state index contributed by atoms with van der Waals surface area (Å²) in [5.74, 6) is -0.342. The largest absolute Gasteiger partial charge is 0.490 e. The van der Waals surface area contributed by atoms with Crippen LogP contribution in [0.5, 0.6) is 17.2 Å². The van der Waals surface area contributed by atoms with Crippen LogP contribution in [0.15, 0.2) is 54.7 Å². The normalized spacial score (nSPS) is 11.2. The molecular formula is C25H25ClF3N5O4. The zero-order valence-electron chi connectivity index (χ0n) is 20.6. The molecule has 0 unspecified atom stereocenters. The highest BCUT2D eigenvalue weighted by molar-refractivity contribution is 6.32. The Morgan fingerprint density at radius 2 is 1.79 bits per heavy atom. The molecule has 202 valence electrons. The van der Waals surface area contributed by atoms with Crippen LogP contribution in [0, 0.1) is 0 Å². The number of nitrogens with one attached hydrogen (secondary N) is 3.